The normalized spacial score (nSPS) is 47.4. The molecule has 0 aromatic rings. The van der Waals surface area contributed by atoms with Gasteiger partial charge in [0.25, 0.3) is 0 Å². The van der Waals surface area contributed by atoms with Crippen molar-refractivity contribution in [1.82, 2.24) is 0 Å². The molecule has 0 radical (unpaired) electrons. The summed E-state index contributed by atoms with van der Waals surface area (Å²) in [6.45, 7) is 25.4. The van der Waals surface area contributed by atoms with Crippen LogP contribution in [0.1, 0.15) is 152 Å². The minimum Gasteiger partial charge on any atom is -0.396 e. The largest absolute Gasteiger partial charge is 0.396 e. The molecule has 6 unspecified atom stereocenters. The lowest BCUT2D eigenvalue weighted by molar-refractivity contribution is -0.0887. The summed E-state index contributed by atoms with van der Waals surface area (Å²) in [6, 6.07) is 0. The van der Waals surface area contributed by atoms with E-state index in [4.69, 9.17) is 0 Å². The van der Waals surface area contributed by atoms with E-state index in [1.807, 2.05) is 5.57 Å². The molecule has 0 amide bonds. The van der Waals surface area contributed by atoms with Gasteiger partial charge >= 0.3 is 0 Å². The van der Waals surface area contributed by atoms with E-state index in [1.165, 1.54) is 96.3 Å². The first kappa shape index (κ1) is 33.3. The second kappa shape index (κ2) is 12.2. The lowest BCUT2D eigenvalue weighted by atomic mass is 9.42. The maximum atomic E-state index is 9.87. The Balaban J connectivity index is 1.15. The highest BCUT2D eigenvalue weighted by atomic mass is 16.3. The molecule has 44 heavy (non-hydrogen) atoms. The van der Waals surface area contributed by atoms with Crippen LogP contribution in [0.4, 0.5) is 0 Å². The maximum Gasteiger partial charge on any atom is 0.0459 e. The van der Waals surface area contributed by atoms with Crippen LogP contribution in [0.2, 0.25) is 0 Å². The van der Waals surface area contributed by atoms with Crippen LogP contribution in [-0.4, -0.2) is 11.7 Å². The second-order valence-corrected chi connectivity index (χ2v) is 20.1. The third-order valence-electron chi connectivity index (χ3n) is 16.2. The van der Waals surface area contributed by atoms with Gasteiger partial charge in [-0.3, -0.25) is 0 Å². The molecule has 6 aliphatic carbocycles. The zero-order valence-electron chi connectivity index (χ0n) is 30.5. The summed E-state index contributed by atoms with van der Waals surface area (Å²) in [7, 11) is 0. The van der Waals surface area contributed by atoms with Gasteiger partial charge in [0.2, 0.25) is 0 Å². The first-order valence-electron chi connectivity index (χ1n) is 19.7. The number of rotatable bonds is 8. The number of hydrogen-bond donors (Lipinski definition) is 1. The monoisotopic (exact) mass is 605 g/mol. The number of aliphatic hydroxyl groups is 1. The number of fused-ring (bicyclic) bond motifs is 5. The predicted molar refractivity (Wildman–Crippen MR) is 188 cm³/mol. The smallest absolute Gasteiger partial charge is 0.0459 e. The van der Waals surface area contributed by atoms with Crippen molar-refractivity contribution in [1.29, 1.82) is 0 Å². The molecule has 0 bridgehead atoms. The highest BCUT2D eigenvalue weighted by Gasteiger charge is 2.63. The Morgan fingerprint density at radius 1 is 0.886 bits per heavy atom. The Kier molecular flexibility index (Phi) is 9.21. The molecule has 1 heteroatoms. The molecule has 13 atom stereocenters. The third-order valence-corrected chi connectivity index (χ3v) is 16.2. The van der Waals surface area contributed by atoms with Gasteiger partial charge in [-0.15, -0.1) is 6.58 Å². The first-order chi connectivity index (χ1) is 20.7. The summed E-state index contributed by atoms with van der Waals surface area (Å²) in [5.74, 6) is 9.24. The van der Waals surface area contributed by atoms with Gasteiger partial charge in [-0.25, -0.2) is 0 Å². The molecule has 6 rings (SSSR count). The molecule has 0 aromatic heterocycles. The molecule has 0 spiro atoms. The lowest BCUT2D eigenvalue weighted by Gasteiger charge is -2.62. The quantitative estimate of drug-likeness (QED) is 0.216. The Hall–Kier alpha value is -0.560. The molecule has 0 aromatic carbocycles. The van der Waals surface area contributed by atoms with Crippen LogP contribution in [0.5, 0.6) is 0 Å². The van der Waals surface area contributed by atoms with Gasteiger partial charge < -0.3 is 5.11 Å². The number of hydrogen-bond acceptors (Lipinski definition) is 1. The summed E-state index contributed by atoms with van der Waals surface area (Å²) in [6.07, 6.45) is 26.2. The summed E-state index contributed by atoms with van der Waals surface area (Å²) in [4.78, 5) is 0. The Morgan fingerprint density at radius 2 is 1.61 bits per heavy atom. The minimum atomic E-state index is 0.361. The summed E-state index contributed by atoms with van der Waals surface area (Å²) in [5, 5.41) is 9.87. The van der Waals surface area contributed by atoms with Crippen LogP contribution in [-0.2, 0) is 0 Å². The Bertz CT molecular complexity index is 1060. The van der Waals surface area contributed by atoms with Crippen molar-refractivity contribution >= 4 is 0 Å². The molecule has 6 aliphatic rings. The second-order valence-electron chi connectivity index (χ2n) is 20.1. The van der Waals surface area contributed by atoms with Crippen molar-refractivity contribution < 1.29 is 5.11 Å². The summed E-state index contributed by atoms with van der Waals surface area (Å²) < 4.78 is 0. The van der Waals surface area contributed by atoms with Crippen LogP contribution >= 0.6 is 0 Å². The molecular formula is C43H72O. The molecular weight excluding hydrogens is 532 g/mol. The van der Waals surface area contributed by atoms with Crippen molar-refractivity contribution in [2.24, 2.45) is 86.8 Å². The fourth-order valence-electron chi connectivity index (χ4n) is 13.7. The van der Waals surface area contributed by atoms with Gasteiger partial charge in [0.15, 0.2) is 0 Å². The molecule has 0 aliphatic heterocycles. The molecule has 250 valence electrons. The van der Waals surface area contributed by atoms with E-state index in [0.29, 0.717) is 40.1 Å². The van der Waals surface area contributed by atoms with Crippen LogP contribution in [0.3, 0.4) is 0 Å². The van der Waals surface area contributed by atoms with E-state index in [0.717, 1.165) is 53.3 Å². The van der Waals surface area contributed by atoms with Gasteiger partial charge in [0.05, 0.1) is 0 Å². The molecule has 5 saturated carbocycles. The third kappa shape index (κ3) is 5.87. The minimum absolute atomic E-state index is 0.361. The van der Waals surface area contributed by atoms with Gasteiger partial charge in [-0.1, -0.05) is 79.5 Å². The van der Waals surface area contributed by atoms with Gasteiger partial charge in [0, 0.05) is 6.61 Å². The summed E-state index contributed by atoms with van der Waals surface area (Å²) in [5.41, 5.74) is 3.71. The van der Waals surface area contributed by atoms with Crippen LogP contribution in [0, 0.1) is 86.8 Å². The maximum absolute atomic E-state index is 9.87. The van der Waals surface area contributed by atoms with Crippen molar-refractivity contribution in [2.45, 2.75) is 152 Å². The van der Waals surface area contributed by atoms with Crippen LogP contribution < -0.4 is 0 Å². The van der Waals surface area contributed by atoms with Crippen molar-refractivity contribution in [3.05, 3.63) is 24.3 Å². The van der Waals surface area contributed by atoms with Crippen LogP contribution in [0.15, 0.2) is 24.3 Å². The molecule has 0 saturated heterocycles. The fraction of sp³-hybridized carbons (Fsp3) is 0.907. The van der Waals surface area contributed by atoms with Gasteiger partial charge in [-0.05, 0) is 177 Å². The van der Waals surface area contributed by atoms with E-state index < -0.39 is 0 Å². The number of aliphatic hydroxyl groups excluding tert-OH is 1. The summed E-state index contributed by atoms with van der Waals surface area (Å²) >= 11 is 0. The SMILES string of the molecule is C=C[C@H](CCCC(C)(C)C)C1CCC2C3CC=C4C(CC[C@H](C5CC5[C@@H]5CC[C@H](CO)C[C@H](C)C5)C4(C)C)[C@]3(C)CC[C@@]21C. The zero-order valence-corrected chi connectivity index (χ0v) is 30.5. The van der Waals surface area contributed by atoms with Gasteiger partial charge in [-0.2, -0.15) is 0 Å². The molecule has 1 N–H and O–H groups in total. The highest BCUT2D eigenvalue weighted by molar-refractivity contribution is 5.30. The Labute approximate surface area is 273 Å². The van der Waals surface area contributed by atoms with E-state index in [9.17, 15) is 5.11 Å². The van der Waals surface area contributed by atoms with Gasteiger partial charge in [0.1, 0.15) is 0 Å². The van der Waals surface area contributed by atoms with Crippen molar-refractivity contribution in [3.63, 3.8) is 0 Å². The van der Waals surface area contributed by atoms with E-state index in [2.05, 4.69) is 74.1 Å². The average molecular weight is 605 g/mol. The van der Waals surface area contributed by atoms with Crippen molar-refractivity contribution in [3.8, 4) is 0 Å². The lowest BCUT2D eigenvalue weighted by Crippen LogP contribution is -2.54. The standard InChI is InChI=1S/C43H72O/c1-10-30(12-11-21-40(3,4)5)34-15-18-38-39-20-17-36-37(43(39,9)23-22-42(34,38)8)19-16-35(41(36,6)7)33-26-32(33)31-14-13-29(27-44)24-28(2)25-31/h10,17,28-35,37-39,44H,1,11-16,18-27H2,2-9H3/t28-,29-,30+,31+,32?,33?,34?,35+,37?,38?,39?,42+,43-/m0/s1. The zero-order chi connectivity index (χ0) is 31.7. The van der Waals surface area contributed by atoms with E-state index in [1.54, 1.807) is 0 Å². The predicted octanol–water partition coefficient (Wildman–Crippen LogP) is 11.9. The average Bonchev–Trinajstić information content (AvgIpc) is 3.69. The van der Waals surface area contributed by atoms with Crippen molar-refractivity contribution in [2.75, 3.05) is 6.61 Å². The highest BCUT2D eigenvalue weighted by Crippen LogP contribution is 2.72. The fourth-order valence-corrected chi connectivity index (χ4v) is 13.7. The first-order valence-corrected chi connectivity index (χ1v) is 19.7. The molecule has 0 heterocycles. The van der Waals surface area contributed by atoms with E-state index >= 15 is 0 Å². The van der Waals surface area contributed by atoms with E-state index in [-0.39, 0.29) is 0 Å². The van der Waals surface area contributed by atoms with Crippen LogP contribution in [0.25, 0.3) is 0 Å². The molecule has 5 fully saturated rings. The molecule has 1 nitrogen and oxygen atoms in total. The number of allylic oxidation sites excluding steroid dienone is 3. The topological polar surface area (TPSA) is 20.2 Å². The Morgan fingerprint density at radius 3 is 2.32 bits per heavy atom.